The number of rotatable bonds is 4. The Balaban J connectivity index is 2.48. The molecule has 0 aliphatic rings. The van der Waals surface area contributed by atoms with Gasteiger partial charge < -0.3 is 10.6 Å². The van der Waals surface area contributed by atoms with Gasteiger partial charge in [0, 0.05) is 21.8 Å². The first kappa shape index (κ1) is 15.2. The highest BCUT2D eigenvalue weighted by Gasteiger charge is 2.18. The first-order chi connectivity index (χ1) is 8.19. The Morgan fingerprint density at radius 3 is 2.44 bits per heavy atom. The lowest BCUT2D eigenvalue weighted by Gasteiger charge is -2.23. The number of aryl methyl sites for hydroxylation is 2. The lowest BCUT2D eigenvalue weighted by atomic mass is 10.1. The maximum Gasteiger partial charge on any atom is 0.237 e. The molecule has 0 bridgehead atoms. The van der Waals surface area contributed by atoms with Crippen LogP contribution in [0.5, 0.6) is 0 Å². The van der Waals surface area contributed by atoms with E-state index in [1.165, 1.54) is 15.3 Å². The van der Waals surface area contributed by atoms with Crippen molar-refractivity contribution in [1.29, 1.82) is 0 Å². The maximum atomic E-state index is 11.9. The van der Waals surface area contributed by atoms with Crippen LogP contribution in [0.3, 0.4) is 0 Å². The van der Waals surface area contributed by atoms with E-state index in [1.54, 1.807) is 11.3 Å². The Labute approximate surface area is 114 Å². The Bertz CT molecular complexity index is 418. The van der Waals surface area contributed by atoms with E-state index in [9.17, 15) is 4.79 Å². The highest BCUT2D eigenvalue weighted by atomic mass is 32.1. The molecule has 18 heavy (non-hydrogen) atoms. The molecule has 1 aromatic heterocycles. The molecule has 0 spiro atoms. The van der Waals surface area contributed by atoms with Gasteiger partial charge in [-0.15, -0.1) is 11.3 Å². The SMILES string of the molecule is Cc1cc(CNC(C)C(=O)NC(C)(C)C)c(C)s1. The summed E-state index contributed by atoms with van der Waals surface area (Å²) in [5.74, 6) is 0.0482. The fourth-order valence-electron chi connectivity index (χ4n) is 1.69. The second-order valence-corrected chi connectivity index (χ2v) is 7.24. The van der Waals surface area contributed by atoms with Gasteiger partial charge in [-0.3, -0.25) is 4.79 Å². The van der Waals surface area contributed by atoms with Gasteiger partial charge in [0.2, 0.25) is 5.91 Å². The number of amides is 1. The first-order valence-electron chi connectivity index (χ1n) is 6.30. The molecular weight excluding hydrogens is 244 g/mol. The lowest BCUT2D eigenvalue weighted by Crippen LogP contribution is -2.49. The quantitative estimate of drug-likeness (QED) is 0.881. The highest BCUT2D eigenvalue weighted by molar-refractivity contribution is 7.12. The van der Waals surface area contributed by atoms with Crippen molar-refractivity contribution < 1.29 is 4.79 Å². The lowest BCUT2D eigenvalue weighted by molar-refractivity contribution is -0.124. The summed E-state index contributed by atoms with van der Waals surface area (Å²) in [6.45, 7) is 12.8. The summed E-state index contributed by atoms with van der Waals surface area (Å²) in [6.07, 6.45) is 0. The van der Waals surface area contributed by atoms with Crippen molar-refractivity contribution in [3.05, 3.63) is 21.4 Å². The van der Waals surface area contributed by atoms with Crippen LogP contribution in [0.25, 0.3) is 0 Å². The number of nitrogens with one attached hydrogen (secondary N) is 2. The van der Waals surface area contributed by atoms with E-state index < -0.39 is 0 Å². The molecular formula is C14H24N2OS. The van der Waals surface area contributed by atoms with Crippen LogP contribution >= 0.6 is 11.3 Å². The molecule has 1 heterocycles. The third kappa shape index (κ3) is 4.78. The summed E-state index contributed by atoms with van der Waals surface area (Å²) >= 11 is 1.80. The fraction of sp³-hybridized carbons (Fsp3) is 0.643. The Morgan fingerprint density at radius 2 is 2.00 bits per heavy atom. The van der Waals surface area contributed by atoms with Crippen LogP contribution in [0, 0.1) is 13.8 Å². The molecule has 1 rings (SSSR count). The zero-order chi connectivity index (χ0) is 13.9. The van der Waals surface area contributed by atoms with Gasteiger partial charge in [-0.1, -0.05) is 0 Å². The number of hydrogen-bond acceptors (Lipinski definition) is 3. The number of thiophene rings is 1. The van der Waals surface area contributed by atoms with E-state index in [0.717, 1.165) is 6.54 Å². The summed E-state index contributed by atoms with van der Waals surface area (Å²) in [6, 6.07) is 2.00. The molecule has 102 valence electrons. The molecule has 0 aliphatic carbocycles. The summed E-state index contributed by atoms with van der Waals surface area (Å²) in [4.78, 5) is 14.5. The molecule has 1 aromatic rings. The predicted octanol–water partition coefficient (Wildman–Crippen LogP) is 2.76. The molecule has 3 nitrogen and oxygen atoms in total. The van der Waals surface area contributed by atoms with Gasteiger partial charge in [0.15, 0.2) is 0 Å². The van der Waals surface area contributed by atoms with Gasteiger partial charge in [-0.25, -0.2) is 0 Å². The van der Waals surface area contributed by atoms with Crippen molar-refractivity contribution in [3.8, 4) is 0 Å². The molecule has 4 heteroatoms. The minimum Gasteiger partial charge on any atom is -0.350 e. The molecule has 1 unspecified atom stereocenters. The van der Waals surface area contributed by atoms with Crippen LogP contribution in [0.1, 0.15) is 43.0 Å². The van der Waals surface area contributed by atoms with Gasteiger partial charge in [-0.05, 0) is 53.2 Å². The molecule has 1 atom stereocenters. The van der Waals surface area contributed by atoms with E-state index in [2.05, 4.69) is 30.5 Å². The van der Waals surface area contributed by atoms with Crippen LogP contribution in [-0.2, 0) is 11.3 Å². The predicted molar refractivity (Wildman–Crippen MR) is 78.0 cm³/mol. The Kier molecular flexibility index (Phi) is 4.93. The van der Waals surface area contributed by atoms with Gasteiger partial charge >= 0.3 is 0 Å². The third-order valence-electron chi connectivity index (χ3n) is 2.63. The summed E-state index contributed by atoms with van der Waals surface area (Å²) in [5, 5.41) is 6.25. The van der Waals surface area contributed by atoms with E-state index in [0.29, 0.717) is 0 Å². The number of hydrogen-bond donors (Lipinski definition) is 2. The third-order valence-corrected chi connectivity index (χ3v) is 3.64. The van der Waals surface area contributed by atoms with E-state index in [1.807, 2.05) is 27.7 Å². The van der Waals surface area contributed by atoms with Crippen molar-refractivity contribution in [2.45, 2.75) is 59.7 Å². The van der Waals surface area contributed by atoms with Crippen LogP contribution in [0.15, 0.2) is 6.07 Å². The standard InChI is InChI=1S/C14H24N2OS/c1-9-7-12(11(3)18-9)8-15-10(2)13(17)16-14(4,5)6/h7,10,15H,8H2,1-6H3,(H,16,17). The van der Waals surface area contributed by atoms with Gasteiger partial charge in [0.1, 0.15) is 0 Å². The molecule has 0 aliphatic heterocycles. The summed E-state index contributed by atoms with van der Waals surface area (Å²) in [7, 11) is 0. The van der Waals surface area contributed by atoms with E-state index in [4.69, 9.17) is 0 Å². The number of carbonyl (C=O) groups is 1. The minimum atomic E-state index is -0.179. The summed E-state index contributed by atoms with van der Waals surface area (Å²) < 4.78 is 0. The summed E-state index contributed by atoms with van der Waals surface area (Å²) in [5.41, 5.74) is 1.11. The largest absolute Gasteiger partial charge is 0.350 e. The first-order valence-corrected chi connectivity index (χ1v) is 7.12. The topological polar surface area (TPSA) is 41.1 Å². The average Bonchev–Trinajstić information content (AvgIpc) is 2.51. The second-order valence-electron chi connectivity index (χ2n) is 5.78. The second kappa shape index (κ2) is 5.85. The maximum absolute atomic E-state index is 11.9. The molecule has 1 amide bonds. The van der Waals surface area contributed by atoms with Crippen LogP contribution in [0.2, 0.25) is 0 Å². The van der Waals surface area contributed by atoms with Gasteiger partial charge in [0.05, 0.1) is 6.04 Å². The molecule has 0 saturated carbocycles. The molecule has 0 aromatic carbocycles. The Hall–Kier alpha value is -0.870. The zero-order valence-corrected chi connectivity index (χ0v) is 13.0. The van der Waals surface area contributed by atoms with Crippen molar-refractivity contribution in [2.75, 3.05) is 0 Å². The van der Waals surface area contributed by atoms with Gasteiger partial charge in [-0.2, -0.15) is 0 Å². The van der Waals surface area contributed by atoms with Crippen LogP contribution < -0.4 is 10.6 Å². The average molecular weight is 268 g/mol. The highest BCUT2D eigenvalue weighted by Crippen LogP contribution is 2.20. The van der Waals surface area contributed by atoms with Crippen LogP contribution in [-0.4, -0.2) is 17.5 Å². The van der Waals surface area contributed by atoms with Crippen LogP contribution in [0.4, 0.5) is 0 Å². The smallest absolute Gasteiger partial charge is 0.237 e. The molecule has 0 radical (unpaired) electrons. The zero-order valence-electron chi connectivity index (χ0n) is 12.2. The van der Waals surface area contributed by atoms with E-state index in [-0.39, 0.29) is 17.5 Å². The normalized spacial score (nSPS) is 13.4. The van der Waals surface area contributed by atoms with Crippen molar-refractivity contribution in [1.82, 2.24) is 10.6 Å². The number of carbonyl (C=O) groups excluding carboxylic acids is 1. The molecule has 0 saturated heterocycles. The van der Waals surface area contributed by atoms with Gasteiger partial charge in [0.25, 0.3) is 0 Å². The molecule has 2 N–H and O–H groups in total. The van der Waals surface area contributed by atoms with Crippen molar-refractivity contribution >= 4 is 17.2 Å². The monoisotopic (exact) mass is 268 g/mol. The molecule has 0 fully saturated rings. The Morgan fingerprint density at radius 1 is 1.39 bits per heavy atom. The van der Waals surface area contributed by atoms with Crippen molar-refractivity contribution in [2.24, 2.45) is 0 Å². The minimum absolute atomic E-state index is 0.0482. The fourth-order valence-corrected chi connectivity index (χ4v) is 2.64. The van der Waals surface area contributed by atoms with E-state index >= 15 is 0 Å². The van der Waals surface area contributed by atoms with Crippen molar-refractivity contribution in [3.63, 3.8) is 0 Å².